The highest BCUT2D eigenvalue weighted by atomic mass is 19.1. The largest absolute Gasteiger partial charge is 0.351 e. The Morgan fingerprint density at radius 3 is 2.85 bits per heavy atom. The average molecular weight is 353 g/mol. The molecule has 1 aromatic carbocycles. The summed E-state index contributed by atoms with van der Waals surface area (Å²) in [5.74, 6) is 1.34. The van der Waals surface area contributed by atoms with Crippen molar-refractivity contribution in [1.82, 2.24) is 15.2 Å². The number of hydrogen-bond donors (Lipinski definition) is 1. The Morgan fingerprint density at radius 1 is 1.38 bits per heavy atom. The van der Waals surface area contributed by atoms with Crippen LogP contribution in [0.5, 0.6) is 0 Å². The van der Waals surface area contributed by atoms with Gasteiger partial charge >= 0.3 is 0 Å². The molecular formula is C20H24FN5. The molecule has 2 atom stereocenters. The summed E-state index contributed by atoms with van der Waals surface area (Å²) in [6, 6.07) is 7.43. The van der Waals surface area contributed by atoms with E-state index in [2.05, 4.69) is 33.8 Å². The minimum Gasteiger partial charge on any atom is -0.351 e. The Hall–Kier alpha value is -2.47. The Kier molecular flexibility index (Phi) is 4.59. The molecule has 2 fully saturated rings. The molecule has 1 aromatic rings. The van der Waals surface area contributed by atoms with Crippen LogP contribution in [0.4, 0.5) is 4.39 Å². The average Bonchev–Trinajstić information content (AvgIpc) is 3.27. The van der Waals surface area contributed by atoms with Gasteiger partial charge in [0.2, 0.25) is 0 Å². The van der Waals surface area contributed by atoms with Crippen molar-refractivity contribution in [3.8, 4) is 0 Å². The second kappa shape index (κ2) is 7.03. The zero-order chi connectivity index (χ0) is 18.1. The van der Waals surface area contributed by atoms with Gasteiger partial charge in [0.05, 0.1) is 5.71 Å². The SMILES string of the molecule is C=C1N=C(c2ccc(F)cc2)C=C(N2CC3CC2CN3)N1/N=C\CCC. The van der Waals surface area contributed by atoms with Gasteiger partial charge in [-0.3, -0.25) is 0 Å². The van der Waals surface area contributed by atoms with Crippen molar-refractivity contribution in [2.24, 2.45) is 10.1 Å². The van der Waals surface area contributed by atoms with Crippen LogP contribution < -0.4 is 5.32 Å². The normalized spacial score (nSPS) is 25.2. The summed E-state index contributed by atoms with van der Waals surface area (Å²) >= 11 is 0. The minimum atomic E-state index is -0.248. The van der Waals surface area contributed by atoms with E-state index in [9.17, 15) is 4.39 Å². The highest BCUT2D eigenvalue weighted by Gasteiger charge is 2.41. The number of piperazine rings is 1. The number of benzene rings is 1. The molecule has 2 saturated heterocycles. The maximum atomic E-state index is 13.3. The minimum absolute atomic E-state index is 0.248. The van der Waals surface area contributed by atoms with Gasteiger partial charge in [0.25, 0.3) is 0 Å². The summed E-state index contributed by atoms with van der Waals surface area (Å²) < 4.78 is 13.3. The lowest BCUT2D eigenvalue weighted by atomic mass is 10.1. The van der Waals surface area contributed by atoms with E-state index in [0.717, 1.165) is 49.4 Å². The topological polar surface area (TPSA) is 43.2 Å². The number of hydrogen-bond acceptors (Lipinski definition) is 5. The predicted molar refractivity (Wildman–Crippen MR) is 102 cm³/mol. The van der Waals surface area contributed by atoms with Crippen molar-refractivity contribution < 1.29 is 4.39 Å². The van der Waals surface area contributed by atoms with Crippen molar-refractivity contribution in [2.75, 3.05) is 13.1 Å². The molecule has 0 saturated carbocycles. The molecule has 0 spiro atoms. The third kappa shape index (κ3) is 3.17. The van der Waals surface area contributed by atoms with Gasteiger partial charge < -0.3 is 10.2 Å². The van der Waals surface area contributed by atoms with Crippen molar-refractivity contribution in [3.05, 3.63) is 59.9 Å². The number of fused-ring (bicyclic) bond motifs is 2. The molecule has 2 unspecified atom stereocenters. The second-order valence-electron chi connectivity index (χ2n) is 6.97. The van der Waals surface area contributed by atoms with Crippen LogP contribution in [0, 0.1) is 5.82 Å². The summed E-state index contributed by atoms with van der Waals surface area (Å²) in [6.07, 6.45) is 7.08. The maximum Gasteiger partial charge on any atom is 0.149 e. The number of rotatable bonds is 5. The third-order valence-electron chi connectivity index (χ3n) is 5.08. The van der Waals surface area contributed by atoms with E-state index >= 15 is 0 Å². The van der Waals surface area contributed by atoms with Crippen LogP contribution in [0.25, 0.3) is 0 Å². The van der Waals surface area contributed by atoms with Gasteiger partial charge in [0, 0.05) is 43.0 Å². The monoisotopic (exact) mass is 353 g/mol. The van der Waals surface area contributed by atoms with Gasteiger partial charge in [-0.1, -0.05) is 19.9 Å². The van der Waals surface area contributed by atoms with Crippen molar-refractivity contribution in [3.63, 3.8) is 0 Å². The van der Waals surface area contributed by atoms with Crippen LogP contribution in [0.2, 0.25) is 0 Å². The summed E-state index contributed by atoms with van der Waals surface area (Å²) in [5, 5.41) is 9.99. The molecule has 0 radical (unpaired) electrons. The fourth-order valence-electron chi connectivity index (χ4n) is 3.74. The van der Waals surface area contributed by atoms with Crippen molar-refractivity contribution >= 4 is 11.9 Å². The Bertz CT molecular complexity index is 780. The zero-order valence-electron chi connectivity index (χ0n) is 15.0. The maximum absolute atomic E-state index is 13.3. The molecular weight excluding hydrogens is 329 g/mol. The quantitative estimate of drug-likeness (QED) is 0.828. The van der Waals surface area contributed by atoms with E-state index in [1.807, 2.05) is 17.3 Å². The number of aliphatic imine (C=N–C) groups is 1. The van der Waals surface area contributed by atoms with E-state index in [4.69, 9.17) is 0 Å². The zero-order valence-corrected chi connectivity index (χ0v) is 15.0. The van der Waals surface area contributed by atoms with Crippen LogP contribution in [0.1, 0.15) is 31.7 Å². The molecule has 3 aliphatic heterocycles. The van der Waals surface area contributed by atoms with E-state index < -0.39 is 0 Å². The molecule has 6 heteroatoms. The lowest BCUT2D eigenvalue weighted by Crippen LogP contribution is -2.46. The van der Waals surface area contributed by atoms with E-state index in [1.165, 1.54) is 12.1 Å². The number of allylic oxidation sites excluding steroid dienone is 1. The highest BCUT2D eigenvalue weighted by molar-refractivity contribution is 6.10. The first-order valence-corrected chi connectivity index (χ1v) is 9.23. The van der Waals surface area contributed by atoms with E-state index in [1.54, 1.807) is 12.1 Å². The third-order valence-corrected chi connectivity index (χ3v) is 5.08. The smallest absolute Gasteiger partial charge is 0.149 e. The highest BCUT2D eigenvalue weighted by Crippen LogP contribution is 2.32. The predicted octanol–water partition coefficient (Wildman–Crippen LogP) is 3.08. The van der Waals surface area contributed by atoms with E-state index in [-0.39, 0.29) is 5.82 Å². The van der Waals surface area contributed by atoms with Gasteiger partial charge in [0.15, 0.2) is 0 Å². The first kappa shape index (κ1) is 17.0. The Balaban J connectivity index is 1.68. The summed E-state index contributed by atoms with van der Waals surface area (Å²) in [6.45, 7) is 8.20. The number of halogens is 1. The van der Waals surface area contributed by atoms with Crippen molar-refractivity contribution in [1.29, 1.82) is 0 Å². The number of nitrogens with one attached hydrogen (secondary N) is 1. The van der Waals surface area contributed by atoms with Gasteiger partial charge in [-0.25, -0.2) is 14.4 Å². The molecule has 1 N–H and O–H groups in total. The van der Waals surface area contributed by atoms with Gasteiger partial charge in [-0.2, -0.15) is 5.10 Å². The molecule has 4 rings (SSSR count). The molecule has 2 bridgehead atoms. The van der Waals surface area contributed by atoms with Crippen LogP contribution >= 0.6 is 0 Å². The fourth-order valence-corrected chi connectivity index (χ4v) is 3.74. The molecule has 5 nitrogen and oxygen atoms in total. The summed E-state index contributed by atoms with van der Waals surface area (Å²) in [7, 11) is 0. The first-order valence-electron chi connectivity index (χ1n) is 9.23. The van der Waals surface area contributed by atoms with Crippen LogP contribution in [-0.2, 0) is 0 Å². The second-order valence-corrected chi connectivity index (χ2v) is 6.97. The van der Waals surface area contributed by atoms with Crippen LogP contribution in [0.3, 0.4) is 0 Å². The Labute approximate surface area is 153 Å². The van der Waals surface area contributed by atoms with Gasteiger partial charge in [0.1, 0.15) is 17.5 Å². The molecule has 26 heavy (non-hydrogen) atoms. The molecule has 0 aromatic heterocycles. The first-order chi connectivity index (χ1) is 12.7. The van der Waals surface area contributed by atoms with E-state index in [0.29, 0.717) is 17.9 Å². The molecule has 0 aliphatic carbocycles. The molecule has 3 heterocycles. The standard InChI is InChI=1S/C20H24FN5/c1-3-4-9-23-26-14(2)24-19(15-5-7-16(21)8-6-15)11-20(26)25-13-17-10-18(25)12-22-17/h5-9,11,17-18,22H,2-4,10,12-13H2,1H3/b23-9-. The lowest BCUT2D eigenvalue weighted by molar-refractivity contribution is 0.208. The lowest BCUT2D eigenvalue weighted by Gasteiger charge is -2.37. The number of hydrazone groups is 1. The molecule has 136 valence electrons. The molecule has 0 amide bonds. The Morgan fingerprint density at radius 2 is 2.19 bits per heavy atom. The number of nitrogens with zero attached hydrogens (tertiary/aromatic N) is 4. The van der Waals surface area contributed by atoms with Gasteiger partial charge in [-0.15, -0.1) is 0 Å². The number of unbranched alkanes of at least 4 members (excludes halogenated alkanes) is 1. The van der Waals surface area contributed by atoms with Crippen molar-refractivity contribution in [2.45, 2.75) is 38.3 Å². The van der Waals surface area contributed by atoms with Crippen LogP contribution in [-0.4, -0.2) is 47.0 Å². The molecule has 3 aliphatic rings. The van der Waals surface area contributed by atoms with Crippen LogP contribution in [0.15, 0.2) is 58.7 Å². The fraction of sp³-hybridized carbons (Fsp3) is 0.400. The van der Waals surface area contributed by atoms with Gasteiger partial charge in [-0.05, 0) is 37.1 Å². The number of likely N-dealkylation sites (tertiary alicyclic amines) is 1. The summed E-state index contributed by atoms with van der Waals surface area (Å²) in [4.78, 5) is 7.02. The summed E-state index contributed by atoms with van der Waals surface area (Å²) in [5.41, 5.74) is 1.67.